The van der Waals surface area contributed by atoms with Gasteiger partial charge in [0, 0.05) is 22.9 Å². The summed E-state index contributed by atoms with van der Waals surface area (Å²) in [6.07, 6.45) is 2.33. The fourth-order valence-corrected chi connectivity index (χ4v) is 5.26. The third-order valence-electron chi connectivity index (χ3n) is 6.73. The Hall–Kier alpha value is -3.09. The standard InChI is InChI=1S/C23H27N3O5/c1-28-18-8-7-16-21(22(18)31-4)15-12-20(30-3)19(29-2)11-14(15)17-10-13(23(16,17)27)6-5-9-25-26-24/h7-8,11-13,17,27H,5-6,9-10H2,1-4H3/t13-,17+,23+/m0/s1. The van der Waals surface area contributed by atoms with Gasteiger partial charge in [-0.2, -0.15) is 0 Å². The summed E-state index contributed by atoms with van der Waals surface area (Å²) in [6.45, 7) is 0.425. The lowest BCUT2D eigenvalue weighted by Gasteiger charge is -2.56. The normalized spacial score (nSPS) is 22.7. The summed E-state index contributed by atoms with van der Waals surface area (Å²) in [5.74, 6) is 2.40. The van der Waals surface area contributed by atoms with Crippen LogP contribution in [0.5, 0.6) is 23.0 Å². The first kappa shape index (κ1) is 21.2. The molecule has 31 heavy (non-hydrogen) atoms. The first-order valence-electron chi connectivity index (χ1n) is 10.3. The predicted octanol–water partition coefficient (Wildman–Crippen LogP) is 4.78. The quantitative estimate of drug-likeness (QED) is 0.283. The largest absolute Gasteiger partial charge is 0.493 e. The maximum Gasteiger partial charge on any atom is 0.168 e. The molecule has 2 aliphatic rings. The molecule has 0 unspecified atom stereocenters. The van der Waals surface area contributed by atoms with Crippen LogP contribution < -0.4 is 18.9 Å². The lowest BCUT2D eigenvalue weighted by molar-refractivity contribution is -0.130. The Balaban J connectivity index is 1.90. The van der Waals surface area contributed by atoms with Crippen molar-refractivity contribution in [2.75, 3.05) is 35.0 Å². The van der Waals surface area contributed by atoms with E-state index in [1.165, 1.54) is 0 Å². The van der Waals surface area contributed by atoms with Gasteiger partial charge in [0.05, 0.1) is 28.4 Å². The average Bonchev–Trinajstić information content (AvgIpc) is 2.80. The predicted molar refractivity (Wildman–Crippen MR) is 116 cm³/mol. The van der Waals surface area contributed by atoms with E-state index in [1.807, 2.05) is 24.3 Å². The van der Waals surface area contributed by atoms with Gasteiger partial charge in [-0.05, 0) is 65.6 Å². The van der Waals surface area contributed by atoms with Crippen molar-refractivity contribution in [1.29, 1.82) is 0 Å². The molecule has 0 radical (unpaired) electrons. The van der Waals surface area contributed by atoms with Crippen molar-refractivity contribution < 1.29 is 24.1 Å². The van der Waals surface area contributed by atoms with Crippen LogP contribution >= 0.6 is 0 Å². The molecule has 1 saturated carbocycles. The van der Waals surface area contributed by atoms with Crippen LogP contribution in [-0.4, -0.2) is 40.1 Å². The third kappa shape index (κ3) is 3.06. The van der Waals surface area contributed by atoms with Gasteiger partial charge >= 0.3 is 0 Å². The molecule has 164 valence electrons. The summed E-state index contributed by atoms with van der Waals surface area (Å²) in [4.78, 5) is 2.82. The molecule has 0 amide bonds. The lowest BCUT2D eigenvalue weighted by Crippen LogP contribution is -2.53. The van der Waals surface area contributed by atoms with E-state index in [4.69, 9.17) is 24.5 Å². The molecule has 3 atom stereocenters. The minimum atomic E-state index is -1.04. The number of hydrogen-bond acceptors (Lipinski definition) is 6. The molecule has 4 rings (SSSR count). The molecular formula is C23H27N3O5. The molecule has 1 fully saturated rings. The van der Waals surface area contributed by atoms with E-state index in [2.05, 4.69) is 10.0 Å². The number of azide groups is 1. The summed E-state index contributed by atoms with van der Waals surface area (Å²) < 4.78 is 22.4. The Morgan fingerprint density at radius 3 is 2.42 bits per heavy atom. The highest BCUT2D eigenvalue weighted by Crippen LogP contribution is 2.66. The molecule has 8 nitrogen and oxygen atoms in total. The number of ether oxygens (including phenoxy) is 4. The average molecular weight is 425 g/mol. The Kier molecular flexibility index (Phi) is 5.60. The van der Waals surface area contributed by atoms with E-state index in [0.717, 1.165) is 41.5 Å². The molecule has 2 aliphatic carbocycles. The summed E-state index contributed by atoms with van der Waals surface area (Å²) in [5.41, 5.74) is 11.1. The van der Waals surface area contributed by atoms with Gasteiger partial charge < -0.3 is 24.1 Å². The summed E-state index contributed by atoms with van der Waals surface area (Å²) in [6, 6.07) is 7.68. The molecule has 0 saturated heterocycles. The van der Waals surface area contributed by atoms with Crippen LogP contribution in [0.1, 0.15) is 36.3 Å². The molecule has 2 aromatic rings. The van der Waals surface area contributed by atoms with E-state index in [-0.39, 0.29) is 11.8 Å². The highest BCUT2D eigenvalue weighted by Gasteiger charge is 2.59. The summed E-state index contributed by atoms with van der Waals surface area (Å²) >= 11 is 0. The first-order valence-corrected chi connectivity index (χ1v) is 10.3. The lowest BCUT2D eigenvalue weighted by atomic mass is 9.51. The van der Waals surface area contributed by atoms with Crippen molar-refractivity contribution in [2.45, 2.75) is 30.8 Å². The SMILES string of the molecule is COc1cc2c(cc1OC)[C@H]1C[C@H](CCCN=[N+]=[N-])[C@@]1(O)c1ccc(OC)c(OC)c1-2. The van der Waals surface area contributed by atoms with Gasteiger partial charge in [-0.15, -0.1) is 0 Å². The summed E-state index contributed by atoms with van der Waals surface area (Å²) in [7, 11) is 6.42. The van der Waals surface area contributed by atoms with Gasteiger partial charge in [-0.3, -0.25) is 0 Å². The van der Waals surface area contributed by atoms with Crippen molar-refractivity contribution in [1.82, 2.24) is 0 Å². The van der Waals surface area contributed by atoms with Gasteiger partial charge in [0.1, 0.15) is 5.60 Å². The second-order valence-corrected chi connectivity index (χ2v) is 7.93. The van der Waals surface area contributed by atoms with Crippen LogP contribution in [0.15, 0.2) is 29.4 Å². The maximum absolute atomic E-state index is 12.0. The first-order chi connectivity index (χ1) is 15.0. The van der Waals surface area contributed by atoms with Crippen molar-refractivity contribution in [3.8, 4) is 34.1 Å². The van der Waals surface area contributed by atoms with Crippen LogP contribution in [0.2, 0.25) is 0 Å². The van der Waals surface area contributed by atoms with Crippen LogP contribution in [-0.2, 0) is 5.60 Å². The van der Waals surface area contributed by atoms with Gasteiger partial charge in [0.15, 0.2) is 23.0 Å². The number of aliphatic hydroxyl groups is 1. The monoisotopic (exact) mass is 425 g/mol. The second kappa shape index (κ2) is 8.21. The molecular weight excluding hydrogens is 398 g/mol. The van der Waals surface area contributed by atoms with E-state index in [1.54, 1.807) is 28.4 Å². The van der Waals surface area contributed by atoms with Gasteiger partial charge in [-0.1, -0.05) is 11.2 Å². The third-order valence-corrected chi connectivity index (χ3v) is 6.73. The molecule has 0 aromatic heterocycles. The molecule has 8 heteroatoms. The number of hydrogen-bond donors (Lipinski definition) is 1. The fraction of sp³-hybridized carbons (Fsp3) is 0.478. The fourth-order valence-electron chi connectivity index (χ4n) is 5.26. The highest BCUT2D eigenvalue weighted by atomic mass is 16.5. The van der Waals surface area contributed by atoms with Crippen LogP contribution in [0.3, 0.4) is 0 Å². The number of nitrogens with zero attached hydrogens (tertiary/aromatic N) is 3. The van der Waals surface area contributed by atoms with Crippen molar-refractivity contribution in [3.63, 3.8) is 0 Å². The zero-order valence-electron chi connectivity index (χ0n) is 18.2. The van der Waals surface area contributed by atoms with Crippen LogP contribution in [0.4, 0.5) is 0 Å². The smallest absolute Gasteiger partial charge is 0.168 e. The second-order valence-electron chi connectivity index (χ2n) is 7.93. The highest BCUT2D eigenvalue weighted by molar-refractivity contribution is 5.85. The molecule has 2 aromatic carbocycles. The summed E-state index contributed by atoms with van der Waals surface area (Å²) in [5, 5.41) is 15.7. The number of methoxy groups -OCH3 is 4. The number of fused-ring (bicyclic) bond motifs is 6. The van der Waals surface area contributed by atoms with Gasteiger partial charge in [0.25, 0.3) is 0 Å². The molecule has 0 spiro atoms. The zero-order valence-corrected chi connectivity index (χ0v) is 18.2. The Bertz CT molecular complexity index is 1050. The maximum atomic E-state index is 12.0. The molecule has 0 bridgehead atoms. The van der Waals surface area contributed by atoms with Crippen molar-refractivity contribution >= 4 is 0 Å². The van der Waals surface area contributed by atoms with Crippen molar-refractivity contribution in [3.05, 3.63) is 45.8 Å². The molecule has 1 N–H and O–H groups in total. The van der Waals surface area contributed by atoms with Gasteiger partial charge in [-0.25, -0.2) is 0 Å². The van der Waals surface area contributed by atoms with E-state index in [9.17, 15) is 5.11 Å². The Labute approximate surface area is 181 Å². The number of benzene rings is 2. The van der Waals surface area contributed by atoms with Crippen LogP contribution in [0, 0.1) is 5.92 Å². The minimum absolute atomic E-state index is 0.0458. The molecule has 0 heterocycles. The van der Waals surface area contributed by atoms with E-state index < -0.39 is 5.60 Å². The van der Waals surface area contributed by atoms with Crippen molar-refractivity contribution in [2.24, 2.45) is 11.0 Å². The van der Waals surface area contributed by atoms with Crippen LogP contribution in [0.25, 0.3) is 21.6 Å². The number of rotatable bonds is 8. The minimum Gasteiger partial charge on any atom is -0.493 e. The van der Waals surface area contributed by atoms with Gasteiger partial charge in [0.2, 0.25) is 0 Å². The zero-order chi connectivity index (χ0) is 22.2. The van der Waals surface area contributed by atoms with E-state index in [0.29, 0.717) is 29.5 Å². The Morgan fingerprint density at radius 1 is 1.06 bits per heavy atom. The molecule has 0 aliphatic heterocycles. The van der Waals surface area contributed by atoms with E-state index >= 15 is 0 Å². The topological polar surface area (TPSA) is 106 Å². The Morgan fingerprint density at radius 2 is 1.77 bits per heavy atom.